The van der Waals surface area contributed by atoms with E-state index in [4.69, 9.17) is 19.5 Å². The fraction of sp³-hybridized carbons (Fsp3) is 0.415. The maximum Gasteiger partial charge on any atom is 2.00 e. The number of aliphatic imine (C=N–C) groups is 1. The van der Waals surface area contributed by atoms with E-state index in [-0.39, 0.29) is 32.0 Å². The second kappa shape index (κ2) is 12.9. The summed E-state index contributed by atoms with van der Waals surface area (Å²) in [7, 11) is 0. The fourth-order valence-corrected chi connectivity index (χ4v) is 7.16. The van der Waals surface area contributed by atoms with Gasteiger partial charge < -0.3 is 14.0 Å². The van der Waals surface area contributed by atoms with Crippen molar-refractivity contribution in [2.75, 3.05) is 6.61 Å². The van der Waals surface area contributed by atoms with Gasteiger partial charge in [0, 0.05) is 28.5 Å². The Hall–Kier alpha value is -3.43. The van der Waals surface area contributed by atoms with E-state index in [2.05, 4.69) is 108 Å². The van der Waals surface area contributed by atoms with Crippen LogP contribution in [0.2, 0.25) is 0 Å². The minimum Gasteiger partial charge on any atom is -0.518 e. The van der Waals surface area contributed by atoms with Crippen molar-refractivity contribution in [3.8, 4) is 17.2 Å². The van der Waals surface area contributed by atoms with Gasteiger partial charge in [-0.05, 0) is 66.8 Å². The fourth-order valence-electron chi connectivity index (χ4n) is 7.16. The zero-order chi connectivity index (χ0) is 32.2. The van der Waals surface area contributed by atoms with Crippen molar-refractivity contribution in [3.63, 3.8) is 0 Å². The van der Waals surface area contributed by atoms with Gasteiger partial charge >= 0.3 is 21.1 Å². The molecule has 0 N–H and O–H groups in total. The third-order valence-corrected chi connectivity index (χ3v) is 9.93. The second-order valence-electron chi connectivity index (χ2n) is 14.9. The molecule has 0 amide bonds. The minimum absolute atomic E-state index is 0. The summed E-state index contributed by atoms with van der Waals surface area (Å²) in [6, 6.07) is 26.4. The van der Waals surface area contributed by atoms with E-state index in [1.807, 2.05) is 18.3 Å². The van der Waals surface area contributed by atoms with Crippen LogP contribution in [0.1, 0.15) is 102 Å². The quantitative estimate of drug-likeness (QED) is 0.161. The molecule has 1 saturated carbocycles. The Bertz CT molecular complexity index is 1960. The summed E-state index contributed by atoms with van der Waals surface area (Å²) < 4.78 is 15.1. The van der Waals surface area contributed by atoms with Gasteiger partial charge in [0.05, 0.1) is 11.1 Å². The van der Waals surface area contributed by atoms with Crippen LogP contribution in [0.4, 0.5) is 0 Å². The molecule has 2 aromatic heterocycles. The molecule has 3 heterocycles. The molecule has 0 radical (unpaired) electrons. The van der Waals surface area contributed by atoms with Gasteiger partial charge in [-0.25, -0.2) is 4.98 Å². The molecule has 5 nitrogen and oxygen atoms in total. The van der Waals surface area contributed by atoms with E-state index in [0.29, 0.717) is 35.8 Å². The van der Waals surface area contributed by atoms with Gasteiger partial charge in [-0.3, -0.25) is 4.99 Å². The van der Waals surface area contributed by atoms with Crippen LogP contribution in [0.5, 0.6) is 11.5 Å². The Morgan fingerprint density at radius 2 is 1.72 bits per heavy atom. The molecule has 47 heavy (non-hydrogen) atoms. The van der Waals surface area contributed by atoms with Gasteiger partial charge in [0.1, 0.15) is 18.2 Å². The topological polar surface area (TPSA) is 48.6 Å². The second-order valence-corrected chi connectivity index (χ2v) is 14.9. The monoisotopic (exact) mass is 806 g/mol. The maximum atomic E-state index is 6.59. The molecule has 6 heteroatoms. The first-order chi connectivity index (χ1) is 22.0. The molecule has 0 spiro atoms. The van der Waals surface area contributed by atoms with E-state index in [9.17, 15) is 0 Å². The summed E-state index contributed by atoms with van der Waals surface area (Å²) >= 11 is 0. The molecule has 246 valence electrons. The first-order valence-corrected chi connectivity index (χ1v) is 16.9. The van der Waals surface area contributed by atoms with E-state index in [1.54, 1.807) is 0 Å². The summed E-state index contributed by atoms with van der Waals surface area (Å²) in [6.07, 6.45) is 8.22. The molecule has 1 aliphatic carbocycles. The van der Waals surface area contributed by atoms with Gasteiger partial charge in [-0.1, -0.05) is 90.3 Å². The maximum absolute atomic E-state index is 6.59. The van der Waals surface area contributed by atoms with Crippen LogP contribution in [-0.2, 0) is 31.2 Å². The summed E-state index contributed by atoms with van der Waals surface area (Å²) in [5, 5.41) is 2.31. The van der Waals surface area contributed by atoms with Gasteiger partial charge in [0.15, 0.2) is 0 Å². The number of aromatic nitrogens is 2. The molecule has 1 fully saturated rings. The molecule has 0 bridgehead atoms. The number of benzene rings is 3. The van der Waals surface area contributed by atoms with Crippen molar-refractivity contribution in [2.45, 2.75) is 97.4 Å². The first-order valence-electron chi connectivity index (χ1n) is 16.9. The van der Waals surface area contributed by atoms with Gasteiger partial charge in [-0.2, -0.15) is 5.56 Å². The van der Waals surface area contributed by atoms with Crippen molar-refractivity contribution < 1.29 is 30.5 Å². The summed E-state index contributed by atoms with van der Waals surface area (Å²) in [6.45, 7) is 16.1. The summed E-state index contributed by atoms with van der Waals surface area (Å²) in [5.41, 5.74) is 7.16. The molecule has 2 aliphatic rings. The minimum atomic E-state index is -0.179. The average molecular weight is 807 g/mol. The number of nitrogens with zero attached hydrogens (tertiary/aromatic N) is 3. The Morgan fingerprint density at radius 3 is 2.47 bits per heavy atom. The number of ether oxygens (including phenoxy) is 2. The third-order valence-electron chi connectivity index (χ3n) is 9.93. The van der Waals surface area contributed by atoms with Crippen molar-refractivity contribution in [1.29, 1.82) is 0 Å². The molecule has 1 aliphatic heterocycles. The van der Waals surface area contributed by atoms with Gasteiger partial charge in [-0.15, -0.1) is 29.8 Å². The van der Waals surface area contributed by atoms with Crippen LogP contribution in [0.15, 0.2) is 65.8 Å². The molecular formula is C41H45N3O2Pt. The molecular weight excluding hydrogens is 762 g/mol. The van der Waals surface area contributed by atoms with Crippen molar-refractivity contribution in [1.82, 2.24) is 9.55 Å². The molecule has 0 unspecified atom stereocenters. The number of aryl methyl sites for hydroxylation is 1. The zero-order valence-corrected chi connectivity index (χ0v) is 30.9. The number of hydrogen-bond acceptors (Lipinski definition) is 4. The Morgan fingerprint density at radius 1 is 0.957 bits per heavy atom. The molecule has 0 saturated heterocycles. The van der Waals surface area contributed by atoms with Crippen LogP contribution < -0.4 is 4.74 Å². The average Bonchev–Trinajstić information content (AvgIpc) is 3.59. The molecule has 7 rings (SSSR count). The van der Waals surface area contributed by atoms with Crippen molar-refractivity contribution in [3.05, 3.63) is 95.2 Å². The number of fused-ring (bicyclic) bond motifs is 3. The predicted octanol–water partition coefficient (Wildman–Crippen LogP) is 10.4. The number of rotatable bonds is 6. The first kappa shape index (κ1) is 33.5. The Labute approximate surface area is 294 Å². The summed E-state index contributed by atoms with van der Waals surface area (Å²) in [4.78, 5) is 10.0. The van der Waals surface area contributed by atoms with E-state index >= 15 is 0 Å². The molecule has 5 aromatic rings. The Kier molecular flexibility index (Phi) is 9.17. The number of hydrogen-bond donors (Lipinski definition) is 0. The molecule has 1 atom stereocenters. The smallest absolute Gasteiger partial charge is 0.518 e. The molecule has 3 aromatic carbocycles. The SMILES string of the molecule is Cc1cc(Oc2[c-]c(C3=N[C@](C)(C4CCCCC4)CO3)cc(C(C)C)c2)[c-]c(-n2c3ccc(C(C)(C)C)cc3c3cccnc32)c1.[Pt+2]. The summed E-state index contributed by atoms with van der Waals surface area (Å²) in [5.74, 6) is 2.83. The zero-order valence-electron chi connectivity index (χ0n) is 28.6. The third kappa shape index (κ3) is 6.53. The van der Waals surface area contributed by atoms with E-state index in [0.717, 1.165) is 38.9 Å². The normalized spacial score (nSPS) is 18.8. The van der Waals surface area contributed by atoms with Crippen LogP contribution >= 0.6 is 0 Å². The predicted molar refractivity (Wildman–Crippen MR) is 188 cm³/mol. The standard InChI is InChI=1S/C41H45N3O2.Pt/c1-26(2)28-20-29(39-43-41(7,25-45-39)30-12-9-8-10-13-30)22-34(21-28)46-33-19-27(3)18-32(24-33)44-37-16-15-31(40(4,5)6)23-36(37)35-14-11-17-42-38(35)44;/h11,14-21,23,26,30H,8-10,12-13,25H2,1-7H3;/q-2;+2/t41-;/m0./s1. The van der Waals surface area contributed by atoms with E-state index < -0.39 is 0 Å². The van der Waals surface area contributed by atoms with Crippen LogP contribution in [-0.4, -0.2) is 27.6 Å². The van der Waals surface area contributed by atoms with Crippen LogP contribution in [0, 0.1) is 25.0 Å². The number of pyridine rings is 1. The van der Waals surface area contributed by atoms with Crippen LogP contribution in [0.25, 0.3) is 27.6 Å². The largest absolute Gasteiger partial charge is 2.00 e. The van der Waals surface area contributed by atoms with Crippen molar-refractivity contribution in [2.24, 2.45) is 10.9 Å². The van der Waals surface area contributed by atoms with Gasteiger partial charge in [0.2, 0.25) is 0 Å². The van der Waals surface area contributed by atoms with Crippen LogP contribution in [0.3, 0.4) is 0 Å². The van der Waals surface area contributed by atoms with Gasteiger partial charge in [0.25, 0.3) is 0 Å². The Balaban J connectivity index is 0.00000386. The van der Waals surface area contributed by atoms with E-state index in [1.165, 1.54) is 43.1 Å². The van der Waals surface area contributed by atoms with Crippen molar-refractivity contribution >= 4 is 27.8 Å².